The van der Waals surface area contributed by atoms with E-state index in [0.29, 0.717) is 0 Å². The number of benzene rings is 2. The van der Waals surface area contributed by atoms with E-state index >= 15 is 0 Å². The van der Waals surface area contributed by atoms with E-state index in [4.69, 9.17) is 9.15 Å². The number of para-hydroxylation sites is 4. The molecular formula is C26H31N2O2+. The van der Waals surface area contributed by atoms with Crippen LogP contribution in [0.3, 0.4) is 0 Å². The van der Waals surface area contributed by atoms with Crippen molar-refractivity contribution in [2.45, 2.75) is 52.5 Å². The first-order valence-electron chi connectivity index (χ1n) is 11.2. The minimum absolute atomic E-state index is 0.845. The molecule has 0 aliphatic carbocycles. The number of nitrogens with zero attached hydrogens (tertiary/aromatic N) is 2. The number of unbranched alkanes of at least 4 members (excludes halogenated alkanes) is 4. The molecule has 2 aromatic carbocycles. The molecule has 0 unspecified atom stereocenters. The van der Waals surface area contributed by atoms with Gasteiger partial charge in [0, 0.05) is 19.0 Å². The van der Waals surface area contributed by atoms with E-state index < -0.39 is 0 Å². The molecule has 4 nitrogen and oxygen atoms in total. The van der Waals surface area contributed by atoms with Crippen LogP contribution in [-0.2, 0) is 6.54 Å². The molecule has 4 heteroatoms. The molecule has 2 heterocycles. The number of aromatic nitrogens is 1. The Bertz CT molecular complexity index is 1050. The first-order chi connectivity index (χ1) is 14.8. The van der Waals surface area contributed by atoms with Gasteiger partial charge in [0.1, 0.15) is 0 Å². The van der Waals surface area contributed by atoms with Crippen molar-refractivity contribution in [3.05, 3.63) is 72.5 Å². The summed E-state index contributed by atoms with van der Waals surface area (Å²) in [7, 11) is 0. The molecule has 0 fully saturated rings. The van der Waals surface area contributed by atoms with Crippen LogP contribution in [0.15, 0.2) is 71.0 Å². The van der Waals surface area contributed by atoms with E-state index in [1.807, 2.05) is 48.6 Å². The van der Waals surface area contributed by atoms with Gasteiger partial charge in [-0.25, -0.2) is 0 Å². The van der Waals surface area contributed by atoms with Gasteiger partial charge in [0.05, 0.1) is 11.8 Å². The Morgan fingerprint density at radius 1 is 0.933 bits per heavy atom. The number of ether oxygens (including phenoxy) is 1. The number of oxazole rings is 1. The summed E-state index contributed by atoms with van der Waals surface area (Å²) in [5.41, 5.74) is 3.20. The molecule has 1 aliphatic rings. The largest absolute Gasteiger partial charge is 0.439 e. The summed E-state index contributed by atoms with van der Waals surface area (Å²) in [6.07, 6.45) is 12.4. The molecule has 156 valence electrons. The Morgan fingerprint density at radius 2 is 1.73 bits per heavy atom. The second-order valence-electron chi connectivity index (χ2n) is 7.65. The van der Waals surface area contributed by atoms with Crippen LogP contribution in [0.1, 0.15) is 51.8 Å². The van der Waals surface area contributed by atoms with E-state index in [-0.39, 0.29) is 0 Å². The van der Waals surface area contributed by atoms with E-state index in [1.165, 1.54) is 25.7 Å². The molecule has 0 N–H and O–H groups in total. The van der Waals surface area contributed by atoms with Gasteiger partial charge in [0.25, 0.3) is 5.52 Å². The van der Waals surface area contributed by atoms with E-state index in [2.05, 4.69) is 41.5 Å². The Hall–Kier alpha value is -3.01. The van der Waals surface area contributed by atoms with Gasteiger partial charge in [-0.2, -0.15) is 4.57 Å². The predicted molar refractivity (Wildman–Crippen MR) is 122 cm³/mol. The maximum Gasteiger partial charge on any atom is 0.374 e. The monoisotopic (exact) mass is 403 g/mol. The van der Waals surface area contributed by atoms with Gasteiger partial charge in [-0.3, -0.25) is 0 Å². The topological polar surface area (TPSA) is 29.5 Å². The summed E-state index contributed by atoms with van der Waals surface area (Å²) in [6, 6.07) is 16.4. The van der Waals surface area contributed by atoms with Gasteiger partial charge >= 0.3 is 5.89 Å². The Balaban J connectivity index is 1.54. The minimum Gasteiger partial charge on any atom is -0.439 e. The second kappa shape index (κ2) is 9.66. The lowest BCUT2D eigenvalue weighted by molar-refractivity contribution is -0.678. The number of rotatable bonds is 9. The number of aryl methyl sites for hydroxylation is 1. The van der Waals surface area contributed by atoms with Crippen LogP contribution in [0, 0.1) is 0 Å². The van der Waals surface area contributed by atoms with Crippen molar-refractivity contribution < 1.29 is 13.7 Å². The van der Waals surface area contributed by atoms with E-state index in [9.17, 15) is 0 Å². The lowest BCUT2D eigenvalue weighted by atomic mass is 10.1. The van der Waals surface area contributed by atoms with Crippen LogP contribution in [-0.4, -0.2) is 6.54 Å². The normalized spacial score (nSPS) is 14.7. The first kappa shape index (κ1) is 20.3. The van der Waals surface area contributed by atoms with Crippen LogP contribution in [0.4, 0.5) is 5.69 Å². The smallest absolute Gasteiger partial charge is 0.374 e. The van der Waals surface area contributed by atoms with Crippen LogP contribution in [0.2, 0.25) is 0 Å². The maximum atomic E-state index is 6.15. The molecule has 0 saturated heterocycles. The quantitative estimate of drug-likeness (QED) is 0.303. The predicted octanol–water partition coefficient (Wildman–Crippen LogP) is 6.46. The average Bonchev–Trinajstić information content (AvgIpc) is 3.31. The van der Waals surface area contributed by atoms with Crippen LogP contribution < -0.4 is 14.2 Å². The van der Waals surface area contributed by atoms with Crippen molar-refractivity contribution in [2.24, 2.45) is 0 Å². The van der Waals surface area contributed by atoms with Gasteiger partial charge in [-0.1, -0.05) is 50.5 Å². The summed E-state index contributed by atoms with van der Waals surface area (Å²) in [4.78, 5) is 2.18. The van der Waals surface area contributed by atoms with Crippen molar-refractivity contribution in [2.75, 3.05) is 11.4 Å². The third kappa shape index (κ3) is 4.28. The third-order valence-electron chi connectivity index (χ3n) is 5.55. The van der Waals surface area contributed by atoms with Crippen LogP contribution in [0.25, 0.3) is 17.2 Å². The number of allylic oxidation sites excluding steroid dienone is 2. The average molecular weight is 404 g/mol. The lowest BCUT2D eigenvalue weighted by Gasteiger charge is -2.14. The third-order valence-corrected chi connectivity index (χ3v) is 5.55. The second-order valence-corrected chi connectivity index (χ2v) is 7.65. The summed E-state index contributed by atoms with van der Waals surface area (Å²) in [6.45, 7) is 6.22. The zero-order valence-corrected chi connectivity index (χ0v) is 18.0. The summed E-state index contributed by atoms with van der Waals surface area (Å²) >= 11 is 0. The summed E-state index contributed by atoms with van der Waals surface area (Å²) < 4.78 is 14.5. The highest BCUT2D eigenvalue weighted by Crippen LogP contribution is 2.38. The highest BCUT2D eigenvalue weighted by Gasteiger charge is 2.24. The Labute approximate surface area is 179 Å². The SMILES string of the molecule is CCCCCCC[n+]1c(C=CC=C2Oc3ccccc3N2CC)oc2ccccc21. The standard InChI is InChI=1S/C26H31N2O2/c1-3-5-6-7-12-20-28-22-15-9-11-17-24(22)30-26(28)19-13-18-25-27(4-2)21-14-8-10-16-23(21)29-25/h8-11,13-19H,3-7,12,20H2,1-2H3/q+1. The summed E-state index contributed by atoms with van der Waals surface area (Å²) in [5, 5.41) is 0. The van der Waals surface area contributed by atoms with E-state index in [1.54, 1.807) is 0 Å². The number of hydrogen-bond donors (Lipinski definition) is 0. The van der Waals surface area contributed by atoms with Gasteiger partial charge in [-0.05, 0) is 43.7 Å². The highest BCUT2D eigenvalue weighted by atomic mass is 16.5. The summed E-state index contributed by atoms with van der Waals surface area (Å²) in [5.74, 6) is 2.63. The fourth-order valence-corrected chi connectivity index (χ4v) is 4.00. The molecule has 0 spiro atoms. The van der Waals surface area contributed by atoms with Crippen molar-refractivity contribution >= 4 is 22.9 Å². The fraction of sp³-hybridized carbons (Fsp3) is 0.346. The lowest BCUT2D eigenvalue weighted by Crippen LogP contribution is -2.35. The van der Waals surface area contributed by atoms with Gasteiger partial charge in [0.15, 0.2) is 12.3 Å². The molecule has 30 heavy (non-hydrogen) atoms. The molecule has 4 rings (SSSR count). The first-order valence-corrected chi connectivity index (χ1v) is 11.2. The van der Waals surface area contributed by atoms with Crippen molar-refractivity contribution in [3.63, 3.8) is 0 Å². The molecular weight excluding hydrogens is 372 g/mol. The zero-order valence-electron chi connectivity index (χ0n) is 18.0. The van der Waals surface area contributed by atoms with Gasteiger partial charge in [0.2, 0.25) is 11.5 Å². The number of hydrogen-bond acceptors (Lipinski definition) is 3. The van der Waals surface area contributed by atoms with Crippen molar-refractivity contribution in [1.29, 1.82) is 0 Å². The van der Waals surface area contributed by atoms with Gasteiger partial charge in [-0.15, -0.1) is 0 Å². The maximum absolute atomic E-state index is 6.15. The van der Waals surface area contributed by atoms with Crippen molar-refractivity contribution in [1.82, 2.24) is 0 Å². The molecule has 0 radical (unpaired) electrons. The molecule has 1 aliphatic heterocycles. The van der Waals surface area contributed by atoms with E-state index in [0.717, 1.165) is 53.8 Å². The molecule has 1 aromatic heterocycles. The molecule has 0 saturated carbocycles. The number of fused-ring (bicyclic) bond motifs is 2. The highest BCUT2D eigenvalue weighted by molar-refractivity contribution is 5.70. The Morgan fingerprint density at radius 3 is 2.60 bits per heavy atom. The van der Waals surface area contributed by atoms with Crippen LogP contribution >= 0.6 is 0 Å². The minimum atomic E-state index is 0.845. The van der Waals surface area contributed by atoms with Crippen LogP contribution in [0.5, 0.6) is 5.75 Å². The van der Waals surface area contributed by atoms with Gasteiger partial charge < -0.3 is 14.1 Å². The fourth-order valence-electron chi connectivity index (χ4n) is 4.00. The molecule has 0 bridgehead atoms. The zero-order chi connectivity index (χ0) is 20.8. The molecule has 3 aromatic rings. The molecule has 0 atom stereocenters. The Kier molecular flexibility index (Phi) is 6.53. The van der Waals surface area contributed by atoms with Crippen molar-refractivity contribution in [3.8, 4) is 5.75 Å². The molecule has 0 amide bonds. The number of anilines is 1.